The predicted octanol–water partition coefficient (Wildman–Crippen LogP) is 1.36. The number of carbonyl (C=O) groups excluding carboxylic acids is 1. The Hall–Kier alpha value is -1.49. The summed E-state index contributed by atoms with van der Waals surface area (Å²) < 4.78 is 13.2. The van der Waals surface area contributed by atoms with E-state index in [9.17, 15) is 9.18 Å². The van der Waals surface area contributed by atoms with Crippen LogP contribution in [-0.4, -0.2) is 29.1 Å². The van der Waals surface area contributed by atoms with Gasteiger partial charge in [-0.25, -0.2) is 4.39 Å². The first kappa shape index (κ1) is 13.6. The summed E-state index contributed by atoms with van der Waals surface area (Å²) >= 11 is 0. The number of hydrogen-bond acceptors (Lipinski definition) is 3. The Balaban J connectivity index is 2.33. The molecule has 0 spiro atoms. The second kappa shape index (κ2) is 6.96. The van der Waals surface area contributed by atoms with E-state index >= 15 is 0 Å². The zero-order chi connectivity index (χ0) is 12.7. The summed E-state index contributed by atoms with van der Waals surface area (Å²) in [5.74, 6) is -0.820. The lowest BCUT2D eigenvalue weighted by atomic mass is 10.1. The molecule has 0 aliphatic rings. The lowest BCUT2D eigenvalue weighted by molar-refractivity contribution is 0.0948. The molecule has 0 bridgehead atoms. The maximum absolute atomic E-state index is 13.2. The van der Waals surface area contributed by atoms with E-state index in [1.807, 2.05) is 6.92 Å². The summed E-state index contributed by atoms with van der Waals surface area (Å²) in [6, 6.07) is 1.35. The number of rotatable bonds is 6. The topological polar surface area (TPSA) is 62.2 Å². The Labute approximate surface area is 99.9 Å². The normalized spacial score (nSPS) is 12.2. The summed E-state index contributed by atoms with van der Waals surface area (Å²) in [6.07, 6.45) is 3.99. The number of aliphatic hydroxyl groups is 1. The van der Waals surface area contributed by atoms with Gasteiger partial charge in [0.1, 0.15) is 0 Å². The minimum Gasteiger partial charge on any atom is -0.396 e. The molecule has 1 aromatic rings. The van der Waals surface area contributed by atoms with Crippen LogP contribution >= 0.6 is 0 Å². The lowest BCUT2D eigenvalue weighted by Crippen LogP contribution is -2.25. The van der Waals surface area contributed by atoms with Crippen LogP contribution in [0.3, 0.4) is 0 Å². The highest BCUT2D eigenvalue weighted by molar-refractivity contribution is 5.94. The van der Waals surface area contributed by atoms with Crippen molar-refractivity contribution in [2.75, 3.05) is 13.2 Å². The average molecular weight is 240 g/mol. The molecule has 1 unspecified atom stereocenters. The fourth-order valence-corrected chi connectivity index (χ4v) is 1.40. The Morgan fingerprint density at radius 3 is 3.06 bits per heavy atom. The van der Waals surface area contributed by atoms with Gasteiger partial charge in [0.15, 0.2) is 5.82 Å². The van der Waals surface area contributed by atoms with Crippen molar-refractivity contribution in [3.05, 3.63) is 29.8 Å². The molecule has 1 amide bonds. The summed E-state index contributed by atoms with van der Waals surface area (Å²) in [5.41, 5.74) is 0.00945. The van der Waals surface area contributed by atoms with E-state index in [2.05, 4.69) is 10.3 Å². The molecule has 0 aliphatic carbocycles. The van der Waals surface area contributed by atoms with Gasteiger partial charge in [0, 0.05) is 19.3 Å². The number of nitrogens with one attached hydrogen (secondary N) is 1. The van der Waals surface area contributed by atoms with Crippen LogP contribution in [0.15, 0.2) is 18.5 Å². The van der Waals surface area contributed by atoms with Crippen LogP contribution in [-0.2, 0) is 0 Å². The molecule has 1 rings (SSSR count). The SMILES string of the molecule is CC(CO)CCCNC(=O)c1ccncc1F. The molecule has 0 radical (unpaired) electrons. The van der Waals surface area contributed by atoms with Gasteiger partial charge in [-0.1, -0.05) is 6.92 Å². The fourth-order valence-electron chi connectivity index (χ4n) is 1.40. The van der Waals surface area contributed by atoms with E-state index in [1.54, 1.807) is 0 Å². The molecule has 94 valence electrons. The molecule has 2 N–H and O–H groups in total. The van der Waals surface area contributed by atoms with Crippen molar-refractivity contribution in [3.8, 4) is 0 Å². The first-order valence-electron chi connectivity index (χ1n) is 5.63. The molecule has 0 aliphatic heterocycles. The summed E-state index contributed by atoms with van der Waals surface area (Å²) in [7, 11) is 0. The van der Waals surface area contributed by atoms with Crippen LogP contribution in [0.2, 0.25) is 0 Å². The summed E-state index contributed by atoms with van der Waals surface area (Å²) in [5, 5.41) is 11.4. The lowest BCUT2D eigenvalue weighted by Gasteiger charge is -2.08. The van der Waals surface area contributed by atoms with Gasteiger partial charge in [0.25, 0.3) is 5.91 Å². The van der Waals surface area contributed by atoms with Crippen LogP contribution in [0, 0.1) is 11.7 Å². The van der Waals surface area contributed by atoms with Crippen molar-refractivity contribution >= 4 is 5.91 Å². The number of amides is 1. The van der Waals surface area contributed by atoms with E-state index in [1.165, 1.54) is 12.3 Å². The second-order valence-electron chi connectivity index (χ2n) is 4.04. The molecule has 0 fully saturated rings. The van der Waals surface area contributed by atoms with Crippen molar-refractivity contribution in [3.63, 3.8) is 0 Å². The maximum atomic E-state index is 13.2. The highest BCUT2D eigenvalue weighted by atomic mass is 19.1. The zero-order valence-electron chi connectivity index (χ0n) is 9.82. The number of hydrogen-bond donors (Lipinski definition) is 2. The zero-order valence-corrected chi connectivity index (χ0v) is 9.82. The largest absolute Gasteiger partial charge is 0.396 e. The first-order chi connectivity index (χ1) is 8.15. The van der Waals surface area contributed by atoms with Crippen LogP contribution in [0.1, 0.15) is 30.1 Å². The fraction of sp³-hybridized carbons (Fsp3) is 0.500. The predicted molar refractivity (Wildman–Crippen MR) is 62.0 cm³/mol. The van der Waals surface area contributed by atoms with Crippen molar-refractivity contribution < 1.29 is 14.3 Å². The summed E-state index contributed by atoms with van der Waals surface area (Å²) in [4.78, 5) is 15.1. The van der Waals surface area contributed by atoms with Gasteiger partial charge >= 0.3 is 0 Å². The van der Waals surface area contributed by atoms with Crippen molar-refractivity contribution in [2.24, 2.45) is 5.92 Å². The molecule has 5 heteroatoms. The quantitative estimate of drug-likeness (QED) is 0.738. The number of aromatic nitrogens is 1. The number of nitrogens with zero attached hydrogens (tertiary/aromatic N) is 1. The molecule has 1 atom stereocenters. The van der Waals surface area contributed by atoms with Gasteiger partial charge in [-0.15, -0.1) is 0 Å². The minimum atomic E-state index is -0.617. The van der Waals surface area contributed by atoms with Gasteiger partial charge in [0.05, 0.1) is 11.8 Å². The van der Waals surface area contributed by atoms with Gasteiger partial charge < -0.3 is 10.4 Å². The average Bonchev–Trinajstić information content (AvgIpc) is 2.34. The molecule has 1 heterocycles. The van der Waals surface area contributed by atoms with Gasteiger partial charge in [-0.2, -0.15) is 0 Å². The Bertz CT molecular complexity index is 371. The van der Waals surface area contributed by atoms with Gasteiger partial charge in [-0.05, 0) is 24.8 Å². The monoisotopic (exact) mass is 240 g/mol. The molecule has 0 aromatic carbocycles. The van der Waals surface area contributed by atoms with Crippen molar-refractivity contribution in [1.29, 1.82) is 0 Å². The van der Waals surface area contributed by atoms with Crippen molar-refractivity contribution in [1.82, 2.24) is 10.3 Å². The Morgan fingerprint density at radius 1 is 1.65 bits per heavy atom. The van der Waals surface area contributed by atoms with Crippen molar-refractivity contribution in [2.45, 2.75) is 19.8 Å². The smallest absolute Gasteiger partial charge is 0.254 e. The third kappa shape index (κ3) is 4.48. The van der Waals surface area contributed by atoms with E-state index in [0.29, 0.717) is 6.54 Å². The summed E-state index contributed by atoms with van der Waals surface area (Å²) in [6.45, 7) is 2.56. The van der Waals surface area contributed by atoms with Gasteiger partial charge in [0.2, 0.25) is 0 Å². The number of carbonyl (C=O) groups is 1. The van der Waals surface area contributed by atoms with E-state index < -0.39 is 11.7 Å². The minimum absolute atomic E-state index is 0.00945. The number of pyridine rings is 1. The maximum Gasteiger partial charge on any atom is 0.254 e. The molecular weight excluding hydrogens is 223 g/mol. The molecule has 0 saturated carbocycles. The Morgan fingerprint density at radius 2 is 2.41 bits per heavy atom. The Kier molecular flexibility index (Phi) is 5.56. The van der Waals surface area contributed by atoms with E-state index in [4.69, 9.17) is 5.11 Å². The first-order valence-corrected chi connectivity index (χ1v) is 5.63. The van der Waals surface area contributed by atoms with Crippen LogP contribution < -0.4 is 5.32 Å². The van der Waals surface area contributed by atoms with Crippen LogP contribution in [0.4, 0.5) is 4.39 Å². The highest BCUT2D eigenvalue weighted by Gasteiger charge is 2.10. The van der Waals surface area contributed by atoms with E-state index in [0.717, 1.165) is 19.0 Å². The molecule has 4 nitrogen and oxygen atoms in total. The van der Waals surface area contributed by atoms with E-state index in [-0.39, 0.29) is 18.1 Å². The second-order valence-corrected chi connectivity index (χ2v) is 4.04. The number of halogens is 1. The third-order valence-corrected chi connectivity index (χ3v) is 2.49. The molecule has 17 heavy (non-hydrogen) atoms. The van der Waals surface area contributed by atoms with Crippen LogP contribution in [0.5, 0.6) is 0 Å². The van der Waals surface area contributed by atoms with Crippen LogP contribution in [0.25, 0.3) is 0 Å². The highest BCUT2D eigenvalue weighted by Crippen LogP contribution is 2.05. The molecular formula is C12H17FN2O2. The third-order valence-electron chi connectivity index (χ3n) is 2.49. The molecule has 0 saturated heterocycles. The molecule has 1 aromatic heterocycles. The van der Waals surface area contributed by atoms with Gasteiger partial charge in [-0.3, -0.25) is 9.78 Å². The standard InChI is InChI=1S/C12H17FN2O2/c1-9(8-16)3-2-5-15-12(17)10-4-6-14-7-11(10)13/h4,6-7,9,16H,2-3,5,8H2,1H3,(H,15,17). The number of aliphatic hydroxyl groups excluding tert-OH is 1.